The van der Waals surface area contributed by atoms with E-state index in [0.717, 1.165) is 45.6 Å². The summed E-state index contributed by atoms with van der Waals surface area (Å²) in [4.78, 5) is 25.8. The van der Waals surface area contributed by atoms with Crippen LogP contribution in [0.15, 0.2) is 35.0 Å². The van der Waals surface area contributed by atoms with Gasteiger partial charge >= 0.3 is 0 Å². The van der Waals surface area contributed by atoms with Crippen LogP contribution in [0.3, 0.4) is 0 Å². The van der Waals surface area contributed by atoms with Crippen LogP contribution in [0, 0.1) is 16.7 Å². The predicted octanol–water partition coefficient (Wildman–Crippen LogP) is 4.09. The molecule has 1 aliphatic rings. The summed E-state index contributed by atoms with van der Waals surface area (Å²) in [7, 11) is 0. The van der Waals surface area contributed by atoms with E-state index in [9.17, 15) is 4.79 Å². The van der Waals surface area contributed by atoms with Crippen molar-refractivity contribution in [3.8, 4) is 17.5 Å². The van der Waals surface area contributed by atoms with Crippen molar-refractivity contribution in [2.45, 2.75) is 45.4 Å². The van der Waals surface area contributed by atoms with Crippen LogP contribution in [-0.2, 0) is 24.1 Å². The van der Waals surface area contributed by atoms with Crippen molar-refractivity contribution >= 4 is 27.3 Å². The van der Waals surface area contributed by atoms with Crippen molar-refractivity contribution in [3.05, 3.63) is 52.9 Å². The number of nitriles is 1. The third-order valence-electron chi connectivity index (χ3n) is 5.59. The molecule has 0 N–H and O–H groups in total. The first-order valence-corrected chi connectivity index (χ1v) is 11.3. The van der Waals surface area contributed by atoms with Gasteiger partial charge in [0.1, 0.15) is 10.8 Å². The summed E-state index contributed by atoms with van der Waals surface area (Å²) in [6.45, 7) is 2.07. The van der Waals surface area contributed by atoms with E-state index in [4.69, 9.17) is 9.68 Å². The highest BCUT2D eigenvalue weighted by molar-refractivity contribution is 7.18. The number of nitrogens with zero attached hydrogens (tertiary/aromatic N) is 6. The van der Waals surface area contributed by atoms with Gasteiger partial charge in [0.05, 0.1) is 34.5 Å². The molecule has 1 fully saturated rings. The van der Waals surface area contributed by atoms with Crippen LogP contribution in [0.4, 0.5) is 0 Å². The Morgan fingerprint density at radius 2 is 2.00 bits per heavy atom. The minimum absolute atomic E-state index is 0.0408. The molecule has 3 heterocycles. The van der Waals surface area contributed by atoms with E-state index in [0.29, 0.717) is 18.1 Å². The van der Waals surface area contributed by atoms with Gasteiger partial charge in [-0.05, 0) is 43.0 Å². The van der Waals surface area contributed by atoms with Crippen LogP contribution in [0.1, 0.15) is 48.5 Å². The van der Waals surface area contributed by atoms with E-state index in [1.165, 1.54) is 0 Å². The van der Waals surface area contributed by atoms with Gasteiger partial charge in [0.25, 0.3) is 0 Å². The van der Waals surface area contributed by atoms with Gasteiger partial charge in [0.15, 0.2) is 5.82 Å². The number of rotatable bonds is 8. The molecular formula is C23H20N6O2S. The molecule has 0 bridgehead atoms. The Hall–Kier alpha value is -3.51. The van der Waals surface area contributed by atoms with Crippen LogP contribution >= 0.6 is 11.3 Å². The standard InChI is InChI=1S/C23H20N6O2S/c1-2-14-11-25-22(26-12-14)15-3-4-17-18(7-15)32-21(27-17)9-20-29-28-19(31-20)8-16(30)10-23(13-24)5-6-23/h3-4,7,11-12H,2,5-6,8-10H2,1H3. The largest absolute Gasteiger partial charge is 0.424 e. The molecule has 0 spiro atoms. The first-order chi connectivity index (χ1) is 15.6. The van der Waals surface area contributed by atoms with Gasteiger partial charge in [0, 0.05) is 24.4 Å². The molecule has 1 aromatic carbocycles. The predicted molar refractivity (Wildman–Crippen MR) is 118 cm³/mol. The summed E-state index contributed by atoms with van der Waals surface area (Å²) in [6.07, 6.45) is 6.92. The van der Waals surface area contributed by atoms with Gasteiger partial charge in [-0.3, -0.25) is 4.79 Å². The quantitative estimate of drug-likeness (QED) is 0.399. The minimum Gasteiger partial charge on any atom is -0.424 e. The maximum atomic E-state index is 12.2. The smallest absolute Gasteiger partial charge is 0.223 e. The van der Waals surface area contributed by atoms with Gasteiger partial charge < -0.3 is 4.42 Å². The molecular weight excluding hydrogens is 424 g/mol. The fraction of sp³-hybridized carbons (Fsp3) is 0.348. The molecule has 8 nitrogen and oxygen atoms in total. The van der Waals surface area contributed by atoms with Crippen molar-refractivity contribution in [1.29, 1.82) is 5.26 Å². The number of hydrogen-bond acceptors (Lipinski definition) is 9. The molecule has 3 aromatic heterocycles. The Labute approximate surface area is 188 Å². The SMILES string of the molecule is CCc1cnc(-c2ccc3nc(Cc4nnc(CC(=O)CC5(C#N)CC5)o4)sc3c2)nc1. The second kappa shape index (κ2) is 8.20. The number of ketones is 1. The number of carbonyl (C=O) groups is 1. The molecule has 4 aromatic rings. The fourth-order valence-corrected chi connectivity index (χ4v) is 4.52. The number of aryl methyl sites for hydroxylation is 1. The highest BCUT2D eigenvalue weighted by Gasteiger charge is 2.44. The third kappa shape index (κ3) is 4.27. The lowest BCUT2D eigenvalue weighted by atomic mass is 10.00. The number of thiazole rings is 1. The molecule has 5 rings (SSSR count). The Morgan fingerprint density at radius 1 is 1.22 bits per heavy atom. The molecule has 32 heavy (non-hydrogen) atoms. The first-order valence-electron chi connectivity index (χ1n) is 10.5. The normalized spacial score (nSPS) is 14.4. The Morgan fingerprint density at radius 3 is 2.72 bits per heavy atom. The van der Waals surface area contributed by atoms with Crippen molar-refractivity contribution < 1.29 is 9.21 Å². The third-order valence-corrected chi connectivity index (χ3v) is 6.61. The van der Waals surface area contributed by atoms with Crippen LogP contribution in [0.2, 0.25) is 0 Å². The maximum absolute atomic E-state index is 12.2. The van der Waals surface area contributed by atoms with Gasteiger partial charge in [-0.2, -0.15) is 5.26 Å². The molecule has 0 aliphatic heterocycles. The van der Waals surface area contributed by atoms with Crippen molar-refractivity contribution in [3.63, 3.8) is 0 Å². The lowest BCUT2D eigenvalue weighted by molar-refractivity contribution is -0.119. The van der Waals surface area contributed by atoms with Gasteiger partial charge in [0.2, 0.25) is 11.8 Å². The summed E-state index contributed by atoms with van der Waals surface area (Å²) in [5, 5.41) is 18.0. The summed E-state index contributed by atoms with van der Waals surface area (Å²) in [6, 6.07) is 8.21. The summed E-state index contributed by atoms with van der Waals surface area (Å²) < 4.78 is 6.69. The Balaban J connectivity index is 1.27. The zero-order chi connectivity index (χ0) is 22.1. The second-order valence-electron chi connectivity index (χ2n) is 8.11. The molecule has 0 saturated heterocycles. The Bertz CT molecular complexity index is 1330. The summed E-state index contributed by atoms with van der Waals surface area (Å²) in [5.41, 5.74) is 2.48. The van der Waals surface area contributed by atoms with E-state index in [1.807, 2.05) is 30.6 Å². The molecule has 1 aliphatic carbocycles. The van der Waals surface area contributed by atoms with E-state index in [1.54, 1.807) is 11.3 Å². The van der Waals surface area contributed by atoms with E-state index < -0.39 is 5.41 Å². The first kappa shape index (κ1) is 20.4. The lowest BCUT2D eigenvalue weighted by Gasteiger charge is -2.01. The monoisotopic (exact) mass is 444 g/mol. The average molecular weight is 445 g/mol. The highest BCUT2D eigenvalue weighted by atomic mass is 32.1. The molecule has 0 atom stereocenters. The van der Waals surface area contributed by atoms with E-state index in [2.05, 4.69) is 38.1 Å². The topological polar surface area (TPSA) is 118 Å². The number of aromatic nitrogens is 5. The van der Waals surface area contributed by atoms with Gasteiger partial charge in [-0.25, -0.2) is 15.0 Å². The van der Waals surface area contributed by atoms with Crippen LogP contribution in [-0.4, -0.2) is 30.9 Å². The van der Waals surface area contributed by atoms with E-state index >= 15 is 0 Å². The number of hydrogen-bond donors (Lipinski definition) is 0. The maximum Gasteiger partial charge on any atom is 0.223 e. The summed E-state index contributed by atoms with van der Waals surface area (Å²) >= 11 is 1.55. The number of carbonyl (C=O) groups excluding carboxylic acids is 1. The van der Waals surface area contributed by atoms with Crippen molar-refractivity contribution in [2.75, 3.05) is 0 Å². The summed E-state index contributed by atoms with van der Waals surface area (Å²) in [5.74, 6) is 1.36. The Kier molecular flexibility index (Phi) is 5.23. The molecule has 1 saturated carbocycles. The molecule has 0 radical (unpaired) electrons. The molecule has 9 heteroatoms. The van der Waals surface area contributed by atoms with Crippen LogP contribution < -0.4 is 0 Å². The zero-order valence-electron chi connectivity index (χ0n) is 17.5. The average Bonchev–Trinajstić information content (AvgIpc) is 3.24. The van der Waals surface area contributed by atoms with Crippen LogP contribution in [0.25, 0.3) is 21.6 Å². The van der Waals surface area contributed by atoms with Gasteiger partial charge in [-0.15, -0.1) is 21.5 Å². The lowest BCUT2D eigenvalue weighted by Crippen LogP contribution is -2.10. The highest BCUT2D eigenvalue weighted by Crippen LogP contribution is 2.48. The number of fused-ring (bicyclic) bond motifs is 1. The zero-order valence-corrected chi connectivity index (χ0v) is 18.4. The number of benzene rings is 1. The molecule has 160 valence electrons. The second-order valence-corrected chi connectivity index (χ2v) is 9.22. The fourth-order valence-electron chi connectivity index (χ4n) is 3.52. The van der Waals surface area contributed by atoms with Crippen LogP contribution in [0.5, 0.6) is 0 Å². The minimum atomic E-state index is -0.455. The number of Topliss-reactive ketones (excluding diaryl/α,β-unsaturated/α-hetero) is 1. The van der Waals surface area contributed by atoms with Crippen molar-refractivity contribution in [1.82, 2.24) is 25.1 Å². The molecule has 0 unspecified atom stereocenters. The molecule has 0 amide bonds. The van der Waals surface area contributed by atoms with Gasteiger partial charge in [-0.1, -0.05) is 6.92 Å². The van der Waals surface area contributed by atoms with Crippen molar-refractivity contribution in [2.24, 2.45) is 5.41 Å². The van der Waals surface area contributed by atoms with E-state index in [-0.39, 0.29) is 24.5 Å².